The lowest BCUT2D eigenvalue weighted by atomic mass is 9.98. The van der Waals surface area contributed by atoms with Crippen LogP contribution in [0.25, 0.3) is 94.4 Å². The molecule has 0 fully saturated rings. The van der Waals surface area contributed by atoms with E-state index in [2.05, 4.69) is 48.5 Å². The zero-order valence-corrected chi connectivity index (χ0v) is 25.4. The van der Waals surface area contributed by atoms with Crippen LogP contribution < -0.4 is 0 Å². The monoisotopic (exact) mass is 616 g/mol. The molecule has 0 N–H and O–H groups in total. The number of furan rings is 1. The van der Waals surface area contributed by atoms with Gasteiger partial charge in [-0.25, -0.2) is 15.0 Å². The number of benzene rings is 7. The molecule has 224 valence electrons. The summed E-state index contributed by atoms with van der Waals surface area (Å²) >= 11 is 0. The smallest absolute Gasteiger partial charge is 0.164 e. The van der Waals surface area contributed by atoms with Gasteiger partial charge < -0.3 is 4.42 Å². The Labute approximate surface area is 273 Å². The van der Waals surface area contributed by atoms with E-state index in [1.807, 2.05) is 97.1 Å². The highest BCUT2D eigenvalue weighted by Gasteiger charge is 2.17. The summed E-state index contributed by atoms with van der Waals surface area (Å²) in [7, 11) is 0. The van der Waals surface area contributed by atoms with Crippen molar-refractivity contribution in [2.45, 2.75) is 0 Å². The van der Waals surface area contributed by atoms with Crippen LogP contribution in [0.5, 0.6) is 0 Å². The molecule has 7 nitrogen and oxygen atoms in total. The van der Waals surface area contributed by atoms with Crippen molar-refractivity contribution in [3.05, 3.63) is 146 Å². The maximum Gasteiger partial charge on any atom is 0.164 e. The summed E-state index contributed by atoms with van der Waals surface area (Å²) in [6, 6.07) is 49.0. The second-order valence-corrected chi connectivity index (χ2v) is 11.8. The van der Waals surface area contributed by atoms with Crippen molar-refractivity contribution in [3.63, 3.8) is 0 Å². The van der Waals surface area contributed by atoms with Gasteiger partial charge in [0.1, 0.15) is 22.2 Å². The third-order valence-corrected chi connectivity index (χ3v) is 8.90. The Morgan fingerprint density at radius 2 is 1.04 bits per heavy atom. The second-order valence-electron chi connectivity index (χ2n) is 11.8. The number of rotatable bonds is 4. The Morgan fingerprint density at radius 3 is 1.85 bits per heavy atom. The lowest BCUT2D eigenvalue weighted by Crippen LogP contribution is -2.00. The first-order valence-electron chi connectivity index (χ1n) is 15.8. The van der Waals surface area contributed by atoms with E-state index in [1.54, 1.807) is 4.80 Å². The molecule has 10 rings (SSSR count). The largest absolute Gasteiger partial charge is 0.456 e. The van der Waals surface area contributed by atoms with E-state index >= 15 is 0 Å². The first-order chi connectivity index (χ1) is 23.7. The molecule has 7 heteroatoms. The van der Waals surface area contributed by atoms with Gasteiger partial charge in [-0.05, 0) is 64.7 Å². The standard InChI is InChI=1S/C41H24N6O/c1-3-9-27(10-4-1)39-42-40(44-41(43-39)29-20-22-36-33(24-29)31-13-7-8-14-35(31)48-36)28-18-16-25-15-17-26-19-21-34-38(37(26)32(25)23-28)46-47(45-34)30-11-5-2-6-12-30/h1-24H. The molecule has 0 aliphatic rings. The molecule has 3 aromatic heterocycles. The Bertz CT molecular complexity index is 2840. The second kappa shape index (κ2) is 10.4. The normalized spacial score (nSPS) is 11.8. The lowest BCUT2D eigenvalue weighted by molar-refractivity contribution is 0.669. The van der Waals surface area contributed by atoms with Gasteiger partial charge in [0.15, 0.2) is 17.5 Å². The molecule has 0 aliphatic heterocycles. The van der Waals surface area contributed by atoms with Gasteiger partial charge >= 0.3 is 0 Å². The SMILES string of the molecule is c1ccc(-c2nc(-c3ccc4oc5ccccc5c4c3)nc(-c3ccc4ccc5ccc6nn(-c7ccccc7)nc6c5c4c3)n2)cc1. The third kappa shape index (κ3) is 4.25. The number of fused-ring (bicyclic) bond motifs is 8. The molecule has 7 aromatic carbocycles. The molecule has 0 saturated carbocycles. The highest BCUT2D eigenvalue weighted by atomic mass is 16.3. The van der Waals surface area contributed by atoms with E-state index in [0.29, 0.717) is 17.5 Å². The van der Waals surface area contributed by atoms with E-state index in [4.69, 9.17) is 29.6 Å². The first kappa shape index (κ1) is 26.5. The average Bonchev–Trinajstić information content (AvgIpc) is 3.77. The van der Waals surface area contributed by atoms with E-state index < -0.39 is 0 Å². The predicted octanol–water partition coefficient (Wildman–Crippen LogP) is 9.81. The van der Waals surface area contributed by atoms with Crippen molar-refractivity contribution in [2.75, 3.05) is 0 Å². The predicted molar refractivity (Wildman–Crippen MR) is 191 cm³/mol. The van der Waals surface area contributed by atoms with Crippen LogP contribution >= 0.6 is 0 Å². The fourth-order valence-electron chi connectivity index (χ4n) is 6.55. The Hall–Kier alpha value is -6.73. The molecular formula is C41H24N6O. The molecule has 0 radical (unpaired) electrons. The topological polar surface area (TPSA) is 82.5 Å². The molecule has 0 bridgehead atoms. The van der Waals surface area contributed by atoms with Crippen molar-refractivity contribution in [2.24, 2.45) is 0 Å². The Balaban J connectivity index is 1.19. The fraction of sp³-hybridized carbons (Fsp3) is 0. The molecule has 10 aromatic rings. The number of hydrogen-bond donors (Lipinski definition) is 0. The molecule has 0 amide bonds. The van der Waals surface area contributed by atoms with Crippen LogP contribution in [0, 0.1) is 0 Å². The summed E-state index contributed by atoms with van der Waals surface area (Å²) in [6.07, 6.45) is 0. The van der Waals surface area contributed by atoms with E-state index in [1.165, 1.54) is 0 Å². The minimum Gasteiger partial charge on any atom is -0.456 e. The molecular weight excluding hydrogens is 592 g/mol. The molecule has 0 aliphatic carbocycles. The van der Waals surface area contributed by atoms with Gasteiger partial charge in [0.05, 0.1) is 5.69 Å². The van der Waals surface area contributed by atoms with Gasteiger partial charge in [-0.1, -0.05) is 97.1 Å². The van der Waals surface area contributed by atoms with Crippen LogP contribution in [0.4, 0.5) is 0 Å². The summed E-state index contributed by atoms with van der Waals surface area (Å²) in [4.78, 5) is 16.8. The van der Waals surface area contributed by atoms with Crippen LogP contribution in [0.2, 0.25) is 0 Å². The number of hydrogen-bond acceptors (Lipinski definition) is 6. The highest BCUT2D eigenvalue weighted by molar-refractivity contribution is 6.18. The van der Waals surface area contributed by atoms with Gasteiger partial charge in [0, 0.05) is 32.8 Å². The van der Waals surface area contributed by atoms with Crippen LogP contribution in [0.3, 0.4) is 0 Å². The molecule has 3 heterocycles. The maximum atomic E-state index is 6.10. The van der Waals surface area contributed by atoms with Crippen molar-refractivity contribution in [3.8, 4) is 39.9 Å². The summed E-state index contributed by atoms with van der Waals surface area (Å²) in [5, 5.41) is 16.2. The van der Waals surface area contributed by atoms with Gasteiger partial charge in [-0.2, -0.15) is 4.80 Å². The lowest BCUT2D eigenvalue weighted by Gasteiger charge is -2.10. The zero-order valence-electron chi connectivity index (χ0n) is 25.4. The van der Waals surface area contributed by atoms with Gasteiger partial charge in [-0.3, -0.25) is 0 Å². The number of para-hydroxylation sites is 2. The summed E-state index contributed by atoms with van der Waals surface area (Å²) in [6.45, 7) is 0. The maximum absolute atomic E-state index is 6.10. The first-order valence-corrected chi connectivity index (χ1v) is 15.8. The molecule has 0 spiro atoms. The molecule has 0 saturated heterocycles. The summed E-state index contributed by atoms with van der Waals surface area (Å²) < 4.78 is 6.10. The average molecular weight is 617 g/mol. The minimum atomic E-state index is 0.593. The van der Waals surface area contributed by atoms with Crippen molar-refractivity contribution >= 4 is 54.5 Å². The van der Waals surface area contributed by atoms with Gasteiger partial charge in [-0.15, -0.1) is 10.2 Å². The van der Waals surface area contributed by atoms with Crippen molar-refractivity contribution in [1.82, 2.24) is 29.9 Å². The van der Waals surface area contributed by atoms with Crippen molar-refractivity contribution in [1.29, 1.82) is 0 Å². The Morgan fingerprint density at radius 1 is 0.438 bits per heavy atom. The zero-order chi connectivity index (χ0) is 31.6. The van der Waals surface area contributed by atoms with Crippen LogP contribution in [-0.4, -0.2) is 29.9 Å². The molecule has 48 heavy (non-hydrogen) atoms. The number of aromatic nitrogens is 6. The quantitative estimate of drug-likeness (QED) is 0.183. The summed E-state index contributed by atoms with van der Waals surface area (Å²) in [5.41, 5.74) is 6.97. The highest BCUT2D eigenvalue weighted by Crippen LogP contribution is 2.35. The summed E-state index contributed by atoms with van der Waals surface area (Å²) in [5.74, 6) is 1.80. The third-order valence-electron chi connectivity index (χ3n) is 8.90. The van der Waals surface area contributed by atoms with E-state index in [-0.39, 0.29) is 0 Å². The van der Waals surface area contributed by atoms with E-state index in [0.717, 1.165) is 76.9 Å². The van der Waals surface area contributed by atoms with Gasteiger partial charge in [0.2, 0.25) is 0 Å². The molecule has 0 atom stereocenters. The molecule has 0 unspecified atom stereocenters. The van der Waals surface area contributed by atoms with Crippen LogP contribution in [0.15, 0.2) is 150 Å². The van der Waals surface area contributed by atoms with Crippen molar-refractivity contribution < 1.29 is 4.42 Å². The van der Waals surface area contributed by atoms with Crippen LogP contribution in [0.1, 0.15) is 0 Å². The minimum absolute atomic E-state index is 0.593. The Kier molecular flexibility index (Phi) is 5.74. The van der Waals surface area contributed by atoms with E-state index in [9.17, 15) is 0 Å². The fourth-order valence-corrected chi connectivity index (χ4v) is 6.55. The van der Waals surface area contributed by atoms with Gasteiger partial charge in [0.25, 0.3) is 0 Å². The number of nitrogens with zero attached hydrogens (tertiary/aromatic N) is 6. The van der Waals surface area contributed by atoms with Crippen LogP contribution in [-0.2, 0) is 0 Å².